The Kier molecular flexibility index (Phi) is 5.68. The molecule has 3 rings (SSSR count). The van der Waals surface area contributed by atoms with Gasteiger partial charge in [0.2, 0.25) is 0 Å². The van der Waals surface area contributed by atoms with Crippen molar-refractivity contribution >= 4 is 17.5 Å². The lowest BCUT2D eigenvalue weighted by Gasteiger charge is -2.27. The van der Waals surface area contributed by atoms with Crippen LogP contribution in [0.4, 0.5) is 5.69 Å². The Morgan fingerprint density at radius 3 is 2.35 bits per heavy atom. The molecule has 1 N–H and O–H groups in total. The van der Waals surface area contributed by atoms with Crippen LogP contribution in [-0.4, -0.2) is 43.0 Å². The Hall–Kier alpha value is -2.66. The van der Waals surface area contributed by atoms with Crippen LogP contribution >= 0.6 is 0 Å². The highest BCUT2D eigenvalue weighted by Gasteiger charge is 2.19. The number of carbonyl (C=O) groups excluding carboxylic acids is 2. The van der Waals surface area contributed by atoms with E-state index in [9.17, 15) is 9.59 Å². The van der Waals surface area contributed by atoms with Gasteiger partial charge < -0.3 is 15.0 Å². The average Bonchev–Trinajstić information content (AvgIpc) is 2.68. The number of nitrogens with zero attached hydrogens (tertiary/aromatic N) is 1. The van der Waals surface area contributed by atoms with E-state index < -0.39 is 0 Å². The fourth-order valence-electron chi connectivity index (χ4n) is 2.90. The number of hydrogen-bond donors (Lipinski definition) is 1. The molecule has 1 fully saturated rings. The molecule has 0 bridgehead atoms. The topological polar surface area (TPSA) is 58.6 Å². The third-order valence-electron chi connectivity index (χ3n) is 4.51. The first-order valence-corrected chi connectivity index (χ1v) is 8.93. The number of carbonyl (C=O) groups is 2. The molecule has 0 aliphatic carbocycles. The van der Waals surface area contributed by atoms with Crippen molar-refractivity contribution in [2.24, 2.45) is 0 Å². The molecule has 0 atom stereocenters. The Morgan fingerprint density at radius 2 is 1.69 bits per heavy atom. The van der Waals surface area contributed by atoms with Gasteiger partial charge in [0.05, 0.1) is 13.2 Å². The molecule has 1 saturated heterocycles. The number of morpholine rings is 1. The van der Waals surface area contributed by atoms with E-state index in [-0.39, 0.29) is 11.8 Å². The molecule has 5 heteroatoms. The summed E-state index contributed by atoms with van der Waals surface area (Å²) < 4.78 is 5.28. The molecule has 2 amide bonds. The number of hydrogen-bond acceptors (Lipinski definition) is 3. The van der Waals surface area contributed by atoms with Crippen LogP contribution in [0.5, 0.6) is 0 Å². The first-order valence-electron chi connectivity index (χ1n) is 8.93. The summed E-state index contributed by atoms with van der Waals surface area (Å²) in [4.78, 5) is 26.8. The molecule has 0 spiro atoms. The van der Waals surface area contributed by atoms with Crippen LogP contribution in [0.25, 0.3) is 0 Å². The minimum Gasteiger partial charge on any atom is -0.378 e. The predicted molar refractivity (Wildman–Crippen MR) is 102 cm³/mol. The molecule has 26 heavy (non-hydrogen) atoms. The number of nitrogens with one attached hydrogen (secondary N) is 1. The van der Waals surface area contributed by atoms with Gasteiger partial charge in [-0.3, -0.25) is 9.59 Å². The molecule has 0 aromatic heterocycles. The van der Waals surface area contributed by atoms with Crippen molar-refractivity contribution < 1.29 is 14.3 Å². The van der Waals surface area contributed by atoms with Crippen molar-refractivity contribution in [3.63, 3.8) is 0 Å². The Morgan fingerprint density at radius 1 is 1.00 bits per heavy atom. The summed E-state index contributed by atoms with van der Waals surface area (Å²) in [5.74, 6) is 0.206. The molecule has 136 valence electrons. The number of amides is 2. The van der Waals surface area contributed by atoms with Gasteiger partial charge in [0.25, 0.3) is 11.8 Å². The largest absolute Gasteiger partial charge is 0.378 e. The fourth-order valence-corrected chi connectivity index (χ4v) is 2.90. The van der Waals surface area contributed by atoms with Gasteiger partial charge in [0, 0.05) is 29.9 Å². The van der Waals surface area contributed by atoms with E-state index in [1.54, 1.807) is 29.2 Å². The van der Waals surface area contributed by atoms with Crippen molar-refractivity contribution in [3.8, 4) is 0 Å². The fraction of sp³-hybridized carbons (Fsp3) is 0.333. The second-order valence-electron chi connectivity index (χ2n) is 6.72. The molecule has 2 aromatic rings. The lowest BCUT2D eigenvalue weighted by atomic mass is 10.0. The van der Waals surface area contributed by atoms with Crippen molar-refractivity contribution in [1.29, 1.82) is 0 Å². The van der Waals surface area contributed by atoms with Crippen molar-refractivity contribution in [2.75, 3.05) is 31.6 Å². The SMILES string of the molecule is CC(C)c1ccc(C(=O)Nc2cccc(C(=O)N3CCOCC3)c2)cc1. The van der Waals surface area contributed by atoms with E-state index >= 15 is 0 Å². The van der Waals surface area contributed by atoms with Gasteiger partial charge in [0.15, 0.2) is 0 Å². The third-order valence-corrected chi connectivity index (χ3v) is 4.51. The van der Waals surface area contributed by atoms with Crippen molar-refractivity contribution in [1.82, 2.24) is 4.90 Å². The van der Waals surface area contributed by atoms with Gasteiger partial charge in [-0.1, -0.05) is 32.0 Å². The monoisotopic (exact) mass is 352 g/mol. The zero-order valence-electron chi connectivity index (χ0n) is 15.2. The normalized spacial score (nSPS) is 14.3. The molecule has 0 radical (unpaired) electrons. The maximum absolute atomic E-state index is 12.6. The first kappa shape index (κ1) is 18.1. The van der Waals surface area contributed by atoms with Crippen LogP contribution in [0.2, 0.25) is 0 Å². The maximum Gasteiger partial charge on any atom is 0.255 e. The number of rotatable bonds is 4. The van der Waals surface area contributed by atoms with Crippen LogP contribution < -0.4 is 5.32 Å². The number of anilines is 1. The summed E-state index contributed by atoms with van der Waals surface area (Å²) in [6, 6.07) is 14.7. The first-order chi connectivity index (χ1) is 12.5. The van der Waals surface area contributed by atoms with E-state index in [0.717, 1.165) is 0 Å². The van der Waals surface area contributed by atoms with E-state index in [1.807, 2.05) is 24.3 Å². The molecular weight excluding hydrogens is 328 g/mol. The molecule has 1 aliphatic rings. The van der Waals surface area contributed by atoms with Crippen molar-refractivity contribution in [2.45, 2.75) is 19.8 Å². The van der Waals surface area contributed by atoms with Gasteiger partial charge in [-0.15, -0.1) is 0 Å². The highest BCUT2D eigenvalue weighted by molar-refractivity contribution is 6.05. The second kappa shape index (κ2) is 8.15. The zero-order valence-corrected chi connectivity index (χ0v) is 15.2. The van der Waals surface area contributed by atoms with Crippen LogP contribution in [0, 0.1) is 0 Å². The van der Waals surface area contributed by atoms with E-state index in [0.29, 0.717) is 49.0 Å². The summed E-state index contributed by atoms with van der Waals surface area (Å²) in [5, 5.41) is 2.87. The molecule has 2 aromatic carbocycles. The lowest BCUT2D eigenvalue weighted by Crippen LogP contribution is -2.40. The molecule has 0 unspecified atom stereocenters. The Bertz CT molecular complexity index is 778. The lowest BCUT2D eigenvalue weighted by molar-refractivity contribution is 0.0303. The van der Waals surface area contributed by atoms with E-state index in [4.69, 9.17) is 4.74 Å². The zero-order chi connectivity index (χ0) is 18.5. The van der Waals surface area contributed by atoms with E-state index in [2.05, 4.69) is 19.2 Å². The average molecular weight is 352 g/mol. The molecule has 5 nitrogen and oxygen atoms in total. The van der Waals surface area contributed by atoms with Crippen LogP contribution in [0.15, 0.2) is 48.5 Å². The van der Waals surface area contributed by atoms with Gasteiger partial charge in [-0.05, 0) is 41.8 Å². The minimum absolute atomic E-state index is 0.0364. The second-order valence-corrected chi connectivity index (χ2v) is 6.72. The van der Waals surface area contributed by atoms with Crippen LogP contribution in [0.3, 0.4) is 0 Å². The van der Waals surface area contributed by atoms with Gasteiger partial charge in [-0.2, -0.15) is 0 Å². The van der Waals surface area contributed by atoms with Gasteiger partial charge in [0.1, 0.15) is 0 Å². The summed E-state index contributed by atoms with van der Waals surface area (Å²) >= 11 is 0. The highest BCUT2D eigenvalue weighted by Crippen LogP contribution is 2.17. The van der Waals surface area contributed by atoms with Gasteiger partial charge in [-0.25, -0.2) is 0 Å². The van der Waals surface area contributed by atoms with Crippen LogP contribution in [0.1, 0.15) is 46.0 Å². The quantitative estimate of drug-likeness (QED) is 0.916. The Balaban J connectivity index is 1.69. The Labute approximate surface area is 154 Å². The minimum atomic E-state index is -0.184. The molecule has 0 saturated carbocycles. The number of benzene rings is 2. The number of ether oxygens (including phenoxy) is 1. The molecule has 1 heterocycles. The predicted octanol–water partition coefficient (Wildman–Crippen LogP) is 3.53. The summed E-state index contributed by atoms with van der Waals surface area (Å²) in [5.41, 5.74) is 2.97. The van der Waals surface area contributed by atoms with Crippen LogP contribution in [-0.2, 0) is 4.74 Å². The summed E-state index contributed by atoms with van der Waals surface area (Å²) in [7, 11) is 0. The highest BCUT2D eigenvalue weighted by atomic mass is 16.5. The van der Waals surface area contributed by atoms with E-state index in [1.165, 1.54) is 5.56 Å². The summed E-state index contributed by atoms with van der Waals surface area (Å²) in [6.07, 6.45) is 0. The van der Waals surface area contributed by atoms with Gasteiger partial charge >= 0.3 is 0 Å². The van der Waals surface area contributed by atoms with Crippen molar-refractivity contribution in [3.05, 3.63) is 65.2 Å². The maximum atomic E-state index is 12.6. The molecule has 1 aliphatic heterocycles. The summed E-state index contributed by atoms with van der Waals surface area (Å²) in [6.45, 7) is 6.55. The third kappa shape index (κ3) is 4.29. The molecular formula is C21H24N2O3. The standard InChI is InChI=1S/C21H24N2O3/c1-15(2)16-6-8-17(9-7-16)20(24)22-19-5-3-4-18(14-19)21(25)23-10-12-26-13-11-23/h3-9,14-15H,10-13H2,1-2H3,(H,22,24). The smallest absolute Gasteiger partial charge is 0.255 e.